The summed E-state index contributed by atoms with van der Waals surface area (Å²) < 4.78 is 85.9. The van der Waals surface area contributed by atoms with Crippen molar-refractivity contribution in [1.82, 2.24) is 15.0 Å². The Morgan fingerprint density at radius 3 is 2.29 bits per heavy atom. The number of Topliss-reactive ketones (excluding diaryl/α,β-unsaturated/α-hetero) is 1. The average Bonchev–Trinajstić information content (AvgIpc) is 3.29. The van der Waals surface area contributed by atoms with Gasteiger partial charge in [0.2, 0.25) is 26.5 Å². The maximum Gasteiger partial charge on any atom is 0.227 e. The Bertz CT molecular complexity index is 1270. The summed E-state index contributed by atoms with van der Waals surface area (Å²) in [5, 5.41) is 7.05. The fourth-order valence-electron chi connectivity index (χ4n) is 3.13. The molecule has 12 heteroatoms. The summed E-state index contributed by atoms with van der Waals surface area (Å²) in [6, 6.07) is 5.01. The number of unbranched alkanes of at least 4 members (excludes halogenated alkanes) is 1. The summed E-state index contributed by atoms with van der Waals surface area (Å²) in [7, 11) is -4.01. The van der Waals surface area contributed by atoms with E-state index in [-0.39, 0.29) is 17.4 Å². The van der Waals surface area contributed by atoms with Crippen LogP contribution < -0.4 is 4.74 Å². The van der Waals surface area contributed by atoms with Crippen LogP contribution in [-0.2, 0) is 14.6 Å². The highest BCUT2D eigenvalue weighted by Gasteiger charge is 2.28. The van der Waals surface area contributed by atoms with Gasteiger partial charge in [-0.05, 0) is 25.5 Å². The first-order chi connectivity index (χ1) is 16.1. The summed E-state index contributed by atoms with van der Waals surface area (Å²) in [5.74, 6) is -9.01. The third kappa shape index (κ3) is 5.27. The molecule has 3 rings (SSSR count). The number of ether oxygens (including phenoxy) is 1. The molecule has 0 N–H and O–H groups in total. The first-order valence-electron chi connectivity index (χ1n) is 10.3. The number of ketones is 1. The molecule has 0 spiro atoms. The third-order valence-electron chi connectivity index (χ3n) is 5.05. The molecular weight excluding hydrogens is 478 g/mol. The predicted molar refractivity (Wildman–Crippen MR) is 112 cm³/mol. The van der Waals surface area contributed by atoms with Crippen LogP contribution in [0.5, 0.6) is 5.75 Å². The number of aryl methyl sites for hydroxylation is 1. The number of carbonyl (C=O) groups is 1. The summed E-state index contributed by atoms with van der Waals surface area (Å²) >= 11 is 0. The zero-order chi connectivity index (χ0) is 25.0. The lowest BCUT2D eigenvalue weighted by Crippen LogP contribution is -2.26. The van der Waals surface area contributed by atoms with E-state index in [0.29, 0.717) is 12.8 Å². The van der Waals surface area contributed by atoms with Gasteiger partial charge in [0.15, 0.2) is 23.2 Å². The Labute approximate surface area is 193 Å². The van der Waals surface area contributed by atoms with Gasteiger partial charge in [0.1, 0.15) is 12.6 Å². The summed E-state index contributed by atoms with van der Waals surface area (Å²) in [5.41, 5.74) is 0.860. The molecule has 0 fully saturated rings. The van der Waals surface area contributed by atoms with E-state index in [9.17, 15) is 30.8 Å². The van der Waals surface area contributed by atoms with Crippen molar-refractivity contribution in [2.24, 2.45) is 0 Å². The Balaban J connectivity index is 1.85. The van der Waals surface area contributed by atoms with Crippen LogP contribution in [0.25, 0.3) is 0 Å². The number of sulfone groups is 1. The van der Waals surface area contributed by atoms with Crippen molar-refractivity contribution in [3.05, 3.63) is 65.4 Å². The number of rotatable bonds is 10. The van der Waals surface area contributed by atoms with Gasteiger partial charge >= 0.3 is 0 Å². The quantitative estimate of drug-likeness (QED) is 0.304. The monoisotopic (exact) mass is 499 g/mol. The average molecular weight is 499 g/mol. The molecule has 0 saturated carbocycles. The number of benzene rings is 2. The van der Waals surface area contributed by atoms with Gasteiger partial charge in [-0.1, -0.05) is 42.7 Å². The van der Waals surface area contributed by atoms with E-state index in [1.54, 1.807) is 19.1 Å². The van der Waals surface area contributed by atoms with E-state index in [1.165, 1.54) is 12.1 Å². The Morgan fingerprint density at radius 2 is 1.71 bits per heavy atom. The van der Waals surface area contributed by atoms with Gasteiger partial charge in [0.05, 0.1) is 11.1 Å². The molecule has 0 radical (unpaired) electrons. The topological polar surface area (TPSA) is 91.2 Å². The number of nitrogens with zero attached hydrogens (tertiary/aromatic N) is 3. The Morgan fingerprint density at radius 1 is 1.09 bits per heavy atom. The van der Waals surface area contributed by atoms with Crippen LogP contribution in [0, 0.1) is 30.2 Å². The second-order valence-corrected chi connectivity index (χ2v) is 9.46. The molecule has 0 aliphatic carbocycles. The van der Waals surface area contributed by atoms with Gasteiger partial charge in [-0.2, -0.15) is 8.78 Å². The number of halogens is 4. The molecule has 1 aromatic heterocycles. The van der Waals surface area contributed by atoms with Gasteiger partial charge in [0, 0.05) is 6.07 Å². The van der Waals surface area contributed by atoms with E-state index in [2.05, 4.69) is 10.3 Å². The third-order valence-corrected chi connectivity index (χ3v) is 6.68. The predicted octanol–water partition coefficient (Wildman–Crippen LogP) is 4.36. The molecule has 2 aromatic carbocycles. The van der Waals surface area contributed by atoms with E-state index >= 15 is 0 Å². The number of hydrogen-bond donors (Lipinski definition) is 0. The largest absolute Gasteiger partial charge is 0.479 e. The zero-order valence-corrected chi connectivity index (χ0v) is 19.1. The van der Waals surface area contributed by atoms with Gasteiger partial charge < -0.3 is 4.74 Å². The second-order valence-electron chi connectivity index (χ2n) is 7.56. The van der Waals surface area contributed by atoms with Crippen molar-refractivity contribution in [2.75, 3.05) is 6.61 Å². The molecule has 3 aromatic rings. The van der Waals surface area contributed by atoms with E-state index in [1.807, 2.05) is 6.92 Å². The van der Waals surface area contributed by atoms with Crippen molar-refractivity contribution < 1.29 is 35.5 Å². The summed E-state index contributed by atoms with van der Waals surface area (Å²) in [6.07, 6.45) is 2.46. The minimum absolute atomic E-state index is 0.0102. The van der Waals surface area contributed by atoms with Crippen LogP contribution in [0.4, 0.5) is 17.6 Å². The minimum atomic E-state index is -4.01. The lowest BCUT2D eigenvalue weighted by atomic mass is 10.1. The van der Waals surface area contributed by atoms with Crippen LogP contribution in [0.15, 0.2) is 46.5 Å². The van der Waals surface area contributed by atoms with E-state index in [4.69, 9.17) is 4.74 Å². The first-order valence-corrected chi connectivity index (χ1v) is 11.8. The SMILES string of the molecule is CCCCC(C(=O)COc1c(F)c(F)cc(F)c1F)n1cc(S(=O)(=O)c2ccc(C)cc2)nn1. The minimum Gasteiger partial charge on any atom is -0.479 e. The smallest absolute Gasteiger partial charge is 0.227 e. The normalized spacial score (nSPS) is 12.5. The highest BCUT2D eigenvalue weighted by molar-refractivity contribution is 7.91. The van der Waals surface area contributed by atoms with Crippen LogP contribution in [-0.4, -0.2) is 35.8 Å². The fraction of sp³-hybridized carbons (Fsp3) is 0.318. The standard InChI is InChI=1S/C22H21F4N3O4S/c1-3-4-5-17(18(30)12-33-22-20(25)15(23)10-16(24)21(22)26)29-11-19(27-28-29)34(31,32)14-8-6-13(2)7-9-14/h6-11,17H,3-5,12H2,1-2H3. The fourth-order valence-corrected chi connectivity index (χ4v) is 4.26. The van der Waals surface area contributed by atoms with Gasteiger partial charge in [0.25, 0.3) is 0 Å². The van der Waals surface area contributed by atoms with Crippen LogP contribution in [0.3, 0.4) is 0 Å². The first kappa shape index (κ1) is 25.3. The van der Waals surface area contributed by atoms with Gasteiger partial charge in [-0.25, -0.2) is 21.9 Å². The van der Waals surface area contributed by atoms with Crippen molar-refractivity contribution in [3.63, 3.8) is 0 Å². The van der Waals surface area contributed by atoms with Gasteiger partial charge in [-0.15, -0.1) is 5.10 Å². The molecule has 7 nitrogen and oxygen atoms in total. The van der Waals surface area contributed by atoms with Crippen molar-refractivity contribution in [2.45, 2.75) is 49.1 Å². The molecular formula is C22H21F4N3O4S. The Kier molecular flexibility index (Phi) is 7.70. The zero-order valence-electron chi connectivity index (χ0n) is 18.3. The van der Waals surface area contributed by atoms with Crippen molar-refractivity contribution in [3.8, 4) is 5.75 Å². The van der Waals surface area contributed by atoms with E-state index < -0.39 is 62.3 Å². The Hall–Kier alpha value is -3.28. The van der Waals surface area contributed by atoms with Gasteiger partial charge in [-0.3, -0.25) is 4.79 Å². The highest BCUT2D eigenvalue weighted by atomic mass is 32.2. The molecule has 0 aliphatic rings. The van der Waals surface area contributed by atoms with Crippen molar-refractivity contribution in [1.29, 1.82) is 0 Å². The molecule has 0 amide bonds. The lowest BCUT2D eigenvalue weighted by Gasteiger charge is -2.16. The molecule has 0 aliphatic heterocycles. The molecule has 0 saturated heterocycles. The van der Waals surface area contributed by atoms with Crippen molar-refractivity contribution >= 4 is 15.6 Å². The van der Waals surface area contributed by atoms with Crippen LogP contribution in [0.1, 0.15) is 37.8 Å². The number of hydrogen-bond acceptors (Lipinski definition) is 6. The molecule has 1 heterocycles. The van der Waals surface area contributed by atoms with Crippen LogP contribution in [0.2, 0.25) is 0 Å². The second kappa shape index (κ2) is 10.3. The van der Waals surface area contributed by atoms with E-state index in [0.717, 1.165) is 16.4 Å². The molecule has 1 unspecified atom stereocenters. The maximum atomic E-state index is 13.8. The van der Waals surface area contributed by atoms with Crippen LogP contribution >= 0.6 is 0 Å². The maximum absolute atomic E-state index is 13.8. The molecule has 182 valence electrons. The molecule has 34 heavy (non-hydrogen) atoms. The number of aromatic nitrogens is 3. The number of carbonyl (C=O) groups excluding carboxylic acids is 1. The lowest BCUT2D eigenvalue weighted by molar-refractivity contribution is -0.124. The highest BCUT2D eigenvalue weighted by Crippen LogP contribution is 2.27. The summed E-state index contributed by atoms with van der Waals surface area (Å²) in [4.78, 5) is 12.8. The molecule has 0 bridgehead atoms. The molecule has 1 atom stereocenters. The summed E-state index contributed by atoms with van der Waals surface area (Å²) in [6.45, 7) is 2.71.